The Kier molecular flexibility index (Phi) is 7.52. The first-order valence-corrected chi connectivity index (χ1v) is 10.3. The number of alkyl halides is 3. The second kappa shape index (κ2) is 10.1. The molecule has 2 aromatic rings. The molecule has 3 N–H and O–H groups in total. The number of halogens is 3. The number of carbonyl (C=O) groups is 1. The highest BCUT2D eigenvalue weighted by atomic mass is 19.4. The summed E-state index contributed by atoms with van der Waals surface area (Å²) >= 11 is 0. The molecule has 0 bridgehead atoms. The van der Waals surface area contributed by atoms with Crippen molar-refractivity contribution in [3.05, 3.63) is 71.3 Å². The molecule has 1 atom stereocenters. The lowest BCUT2D eigenvalue weighted by Gasteiger charge is -2.22. The van der Waals surface area contributed by atoms with Crippen molar-refractivity contribution in [1.82, 2.24) is 4.90 Å². The van der Waals surface area contributed by atoms with E-state index in [4.69, 9.17) is 10.6 Å². The lowest BCUT2D eigenvalue weighted by atomic mass is 10.0. The van der Waals surface area contributed by atoms with E-state index in [9.17, 15) is 23.1 Å². The fourth-order valence-electron chi connectivity index (χ4n) is 3.52. The van der Waals surface area contributed by atoms with Crippen LogP contribution in [0.5, 0.6) is 0 Å². The van der Waals surface area contributed by atoms with E-state index in [1.54, 1.807) is 0 Å². The summed E-state index contributed by atoms with van der Waals surface area (Å²) in [7, 11) is 0. The van der Waals surface area contributed by atoms with Gasteiger partial charge in [-0.05, 0) is 37.0 Å². The molecule has 1 unspecified atom stereocenters. The van der Waals surface area contributed by atoms with E-state index in [1.807, 2.05) is 30.3 Å². The lowest BCUT2D eigenvalue weighted by molar-refractivity contribution is -0.0615. The van der Waals surface area contributed by atoms with E-state index in [0.29, 0.717) is 25.8 Å². The molecule has 0 radical (unpaired) electrons. The molecule has 2 aromatic carbocycles. The molecule has 1 aliphatic heterocycles. The molecule has 1 amide bonds. The lowest BCUT2D eigenvalue weighted by Crippen LogP contribution is -2.46. The van der Waals surface area contributed by atoms with E-state index in [1.165, 1.54) is 29.2 Å². The number of likely N-dealkylation sites (tertiary alicyclic amines) is 1. The first-order valence-electron chi connectivity index (χ1n) is 10.3. The molecule has 1 heterocycles. The highest BCUT2D eigenvalue weighted by molar-refractivity contribution is 6.05. The number of nitrogens with zero attached hydrogens (tertiary/aromatic N) is 2. The van der Waals surface area contributed by atoms with E-state index >= 15 is 0 Å². The first kappa shape index (κ1) is 23.7. The first-order chi connectivity index (χ1) is 15.2. The SMILES string of the molecule is NC1(CO)CCN(C(=O)c2ccc(/C(=N/OCCCc3ccccc3)C(F)(F)F)cc2)C1. The minimum absolute atomic E-state index is 0.0473. The van der Waals surface area contributed by atoms with Gasteiger partial charge < -0.3 is 20.6 Å². The third kappa shape index (κ3) is 6.08. The van der Waals surface area contributed by atoms with E-state index in [2.05, 4.69) is 5.16 Å². The average molecular weight is 449 g/mol. The van der Waals surface area contributed by atoms with E-state index in [-0.39, 0.29) is 36.8 Å². The number of benzene rings is 2. The summed E-state index contributed by atoms with van der Waals surface area (Å²) in [6.45, 7) is 0.373. The maximum atomic E-state index is 13.5. The zero-order valence-electron chi connectivity index (χ0n) is 17.5. The van der Waals surface area contributed by atoms with Crippen LogP contribution in [0.4, 0.5) is 13.2 Å². The summed E-state index contributed by atoms with van der Waals surface area (Å²) in [5, 5.41) is 12.7. The molecule has 172 valence electrons. The largest absolute Gasteiger partial charge is 0.437 e. The predicted molar refractivity (Wildman–Crippen MR) is 114 cm³/mol. The molecule has 0 saturated carbocycles. The summed E-state index contributed by atoms with van der Waals surface area (Å²) in [4.78, 5) is 19.0. The Morgan fingerprint density at radius 3 is 2.38 bits per heavy atom. The fourth-order valence-corrected chi connectivity index (χ4v) is 3.52. The molecular weight excluding hydrogens is 423 g/mol. The molecule has 0 spiro atoms. The van der Waals surface area contributed by atoms with Crippen LogP contribution in [-0.4, -0.2) is 59.6 Å². The summed E-state index contributed by atoms with van der Waals surface area (Å²) in [5.41, 5.74) is 5.10. The van der Waals surface area contributed by atoms with Crippen LogP contribution in [0, 0.1) is 0 Å². The van der Waals surface area contributed by atoms with Crippen molar-refractivity contribution in [3.8, 4) is 0 Å². The van der Waals surface area contributed by atoms with Gasteiger partial charge in [-0.1, -0.05) is 47.6 Å². The molecule has 9 heteroatoms. The number of amides is 1. The molecule has 0 aliphatic carbocycles. The van der Waals surface area contributed by atoms with Gasteiger partial charge in [-0.15, -0.1) is 0 Å². The predicted octanol–water partition coefficient (Wildman–Crippen LogP) is 3.14. The Morgan fingerprint density at radius 2 is 1.78 bits per heavy atom. The Hall–Kier alpha value is -2.91. The Morgan fingerprint density at radius 1 is 1.12 bits per heavy atom. The monoisotopic (exact) mass is 449 g/mol. The van der Waals surface area contributed by atoms with Crippen LogP contribution in [0.2, 0.25) is 0 Å². The van der Waals surface area contributed by atoms with Gasteiger partial charge >= 0.3 is 6.18 Å². The zero-order chi connectivity index (χ0) is 23.2. The second-order valence-electron chi connectivity index (χ2n) is 7.93. The van der Waals surface area contributed by atoms with Crippen LogP contribution >= 0.6 is 0 Å². The van der Waals surface area contributed by atoms with Gasteiger partial charge in [0.15, 0.2) is 5.71 Å². The normalized spacial score (nSPS) is 19.3. The molecule has 6 nitrogen and oxygen atoms in total. The smallest absolute Gasteiger partial charge is 0.395 e. The van der Waals surface area contributed by atoms with Crippen molar-refractivity contribution in [2.75, 3.05) is 26.3 Å². The molecule has 32 heavy (non-hydrogen) atoms. The van der Waals surface area contributed by atoms with Crippen molar-refractivity contribution in [3.63, 3.8) is 0 Å². The van der Waals surface area contributed by atoms with Gasteiger partial charge in [-0.25, -0.2) is 0 Å². The number of aryl methyl sites for hydroxylation is 1. The highest BCUT2D eigenvalue weighted by Gasteiger charge is 2.39. The van der Waals surface area contributed by atoms with Crippen LogP contribution in [0.15, 0.2) is 59.8 Å². The minimum atomic E-state index is -4.71. The van der Waals surface area contributed by atoms with E-state index in [0.717, 1.165) is 5.56 Å². The maximum Gasteiger partial charge on any atom is 0.437 e. The number of oxime groups is 1. The highest BCUT2D eigenvalue weighted by Crippen LogP contribution is 2.25. The molecule has 1 aliphatic rings. The van der Waals surface area contributed by atoms with Crippen molar-refractivity contribution in [1.29, 1.82) is 0 Å². The summed E-state index contributed by atoms with van der Waals surface area (Å²) < 4.78 is 40.5. The number of nitrogens with two attached hydrogens (primary N) is 1. The fraction of sp³-hybridized carbons (Fsp3) is 0.391. The van der Waals surface area contributed by atoms with Gasteiger partial charge in [-0.2, -0.15) is 13.2 Å². The molecule has 1 saturated heterocycles. The van der Waals surface area contributed by atoms with E-state index < -0.39 is 17.4 Å². The zero-order valence-corrected chi connectivity index (χ0v) is 17.5. The third-order valence-electron chi connectivity index (χ3n) is 5.36. The van der Waals surface area contributed by atoms with Gasteiger partial charge in [0.05, 0.1) is 12.1 Å². The number of aliphatic hydroxyl groups is 1. The second-order valence-corrected chi connectivity index (χ2v) is 7.93. The summed E-state index contributed by atoms with van der Waals surface area (Å²) in [6.07, 6.45) is -3.05. The molecule has 0 aromatic heterocycles. The average Bonchev–Trinajstić information content (AvgIpc) is 3.18. The molecule has 1 fully saturated rings. The van der Waals surface area contributed by atoms with Gasteiger partial charge in [0.25, 0.3) is 5.91 Å². The van der Waals surface area contributed by atoms with Crippen LogP contribution in [0.1, 0.15) is 34.3 Å². The Labute approximate surface area is 184 Å². The van der Waals surface area contributed by atoms with Gasteiger partial charge in [0.2, 0.25) is 0 Å². The topological polar surface area (TPSA) is 88.2 Å². The Balaban J connectivity index is 1.62. The number of carbonyl (C=O) groups excluding carboxylic acids is 1. The van der Waals surface area contributed by atoms with Crippen molar-refractivity contribution < 1.29 is 27.9 Å². The van der Waals surface area contributed by atoms with Crippen LogP contribution < -0.4 is 5.73 Å². The molecule has 3 rings (SSSR count). The molecular formula is C23H26F3N3O3. The number of hydrogen-bond donors (Lipinski definition) is 2. The number of rotatable bonds is 8. The third-order valence-corrected chi connectivity index (χ3v) is 5.36. The number of aliphatic hydroxyl groups excluding tert-OH is 1. The van der Waals surface area contributed by atoms with Crippen LogP contribution in [-0.2, 0) is 11.3 Å². The summed E-state index contributed by atoms with van der Waals surface area (Å²) in [5.74, 6) is -0.347. The quantitative estimate of drug-likeness (QED) is 0.368. The Bertz CT molecular complexity index is 933. The van der Waals surface area contributed by atoms with Gasteiger partial charge in [0, 0.05) is 24.2 Å². The standard InChI is InChI=1S/C23H26F3N3O3/c24-23(25,26)20(28-32-14-4-7-17-5-2-1-3-6-17)18-8-10-19(11-9-18)21(31)29-13-12-22(27,15-29)16-30/h1-3,5-6,8-11,30H,4,7,12-16,27H2/b28-20-. The number of hydrogen-bond acceptors (Lipinski definition) is 5. The van der Waals surface area contributed by atoms with Crippen molar-refractivity contribution in [2.24, 2.45) is 10.9 Å². The van der Waals surface area contributed by atoms with Gasteiger partial charge in [-0.3, -0.25) is 4.79 Å². The van der Waals surface area contributed by atoms with Crippen molar-refractivity contribution >= 4 is 11.6 Å². The van der Waals surface area contributed by atoms with Crippen LogP contribution in [0.25, 0.3) is 0 Å². The maximum absolute atomic E-state index is 13.5. The van der Waals surface area contributed by atoms with Crippen LogP contribution in [0.3, 0.4) is 0 Å². The minimum Gasteiger partial charge on any atom is -0.395 e. The summed E-state index contributed by atoms with van der Waals surface area (Å²) in [6, 6.07) is 14.6. The van der Waals surface area contributed by atoms with Crippen molar-refractivity contribution in [2.45, 2.75) is 31.0 Å². The van der Waals surface area contributed by atoms with Gasteiger partial charge in [0.1, 0.15) is 6.61 Å².